The summed E-state index contributed by atoms with van der Waals surface area (Å²) in [6.07, 6.45) is -0.627. The second kappa shape index (κ2) is 10.9. The molecule has 2 amide bonds. The average molecular weight is 482 g/mol. The fourth-order valence-corrected chi connectivity index (χ4v) is 4.72. The lowest BCUT2D eigenvalue weighted by atomic mass is 9.98. The summed E-state index contributed by atoms with van der Waals surface area (Å²) in [4.78, 5) is 40.3. The van der Waals surface area contributed by atoms with Gasteiger partial charge in [-0.3, -0.25) is 9.59 Å². The molecule has 1 heterocycles. The van der Waals surface area contributed by atoms with Gasteiger partial charge in [0.1, 0.15) is 13.2 Å². The summed E-state index contributed by atoms with van der Waals surface area (Å²) < 4.78 is 11.1. The van der Waals surface area contributed by atoms with Gasteiger partial charge in [-0.2, -0.15) is 0 Å². The third-order valence-corrected chi connectivity index (χ3v) is 6.50. The number of nitrogens with one attached hydrogen (secondary N) is 1. The van der Waals surface area contributed by atoms with E-state index in [1.807, 2.05) is 55.4 Å². The normalized spacial score (nSPS) is 18.7. The van der Waals surface area contributed by atoms with Crippen molar-refractivity contribution in [3.63, 3.8) is 0 Å². The van der Waals surface area contributed by atoms with Crippen LogP contribution in [0, 0.1) is 5.92 Å². The lowest BCUT2D eigenvalue weighted by Gasteiger charge is -2.27. The van der Waals surface area contributed by atoms with Crippen molar-refractivity contribution in [3.8, 4) is 11.1 Å². The van der Waals surface area contributed by atoms with Gasteiger partial charge < -0.3 is 29.7 Å². The molecule has 2 aromatic carbocycles. The van der Waals surface area contributed by atoms with E-state index in [4.69, 9.17) is 9.47 Å². The van der Waals surface area contributed by atoms with E-state index in [0.717, 1.165) is 22.3 Å². The van der Waals surface area contributed by atoms with Gasteiger partial charge in [0.2, 0.25) is 5.91 Å². The average Bonchev–Trinajstić information content (AvgIpc) is 3.42. The van der Waals surface area contributed by atoms with E-state index in [1.165, 1.54) is 4.90 Å². The molecule has 2 N–H and O–H groups in total. The van der Waals surface area contributed by atoms with Crippen molar-refractivity contribution in [2.45, 2.75) is 12.0 Å². The van der Waals surface area contributed by atoms with Crippen LogP contribution in [0.3, 0.4) is 0 Å². The molecule has 1 fully saturated rings. The number of rotatable bonds is 9. The number of carboxylic acids is 1. The minimum Gasteiger partial charge on any atom is -0.480 e. The summed E-state index contributed by atoms with van der Waals surface area (Å²) in [7, 11) is 3.70. The molecule has 186 valence electrons. The molecule has 2 atom stereocenters. The summed E-state index contributed by atoms with van der Waals surface area (Å²) in [6, 6.07) is 15.6. The van der Waals surface area contributed by atoms with Crippen LogP contribution in [0.15, 0.2) is 48.5 Å². The van der Waals surface area contributed by atoms with E-state index in [2.05, 4.69) is 17.4 Å². The molecule has 0 radical (unpaired) electrons. The lowest BCUT2D eigenvalue weighted by Crippen LogP contribution is -2.50. The van der Waals surface area contributed by atoms with Crippen LogP contribution in [0.2, 0.25) is 0 Å². The highest BCUT2D eigenvalue weighted by atomic mass is 16.5. The molecule has 1 aliphatic heterocycles. The van der Waals surface area contributed by atoms with Crippen LogP contribution in [-0.2, 0) is 19.1 Å². The van der Waals surface area contributed by atoms with Crippen molar-refractivity contribution in [1.29, 1.82) is 0 Å². The Morgan fingerprint density at radius 3 is 2.23 bits per heavy atom. The molecular weight excluding hydrogens is 450 g/mol. The fourth-order valence-electron chi connectivity index (χ4n) is 4.72. The molecule has 9 heteroatoms. The Bertz CT molecular complexity index is 1040. The first-order valence-corrected chi connectivity index (χ1v) is 11.7. The fraction of sp³-hybridized carbons (Fsp3) is 0.423. The molecule has 1 saturated heterocycles. The number of benzene rings is 2. The van der Waals surface area contributed by atoms with Gasteiger partial charge in [0.05, 0.1) is 25.2 Å². The third kappa shape index (κ3) is 5.63. The van der Waals surface area contributed by atoms with Crippen LogP contribution in [-0.4, -0.2) is 92.5 Å². The number of ether oxygens (including phenoxy) is 2. The van der Waals surface area contributed by atoms with Gasteiger partial charge in [0.15, 0.2) is 0 Å². The molecule has 9 nitrogen and oxygen atoms in total. The number of carbonyl (C=O) groups is 3. The predicted octanol–water partition coefficient (Wildman–Crippen LogP) is 2.01. The van der Waals surface area contributed by atoms with Gasteiger partial charge in [-0.1, -0.05) is 48.5 Å². The van der Waals surface area contributed by atoms with E-state index in [1.54, 1.807) is 0 Å². The zero-order valence-corrected chi connectivity index (χ0v) is 20.0. The molecule has 2 aromatic rings. The van der Waals surface area contributed by atoms with Crippen molar-refractivity contribution in [1.82, 2.24) is 15.1 Å². The van der Waals surface area contributed by atoms with E-state index in [-0.39, 0.29) is 38.2 Å². The Labute approximate surface area is 204 Å². The van der Waals surface area contributed by atoms with Crippen LogP contribution in [0.1, 0.15) is 17.0 Å². The van der Waals surface area contributed by atoms with Gasteiger partial charge in [0.25, 0.3) is 0 Å². The number of likely N-dealkylation sites (N-methyl/N-ethyl adjacent to an activating group) is 1. The third-order valence-electron chi connectivity index (χ3n) is 6.50. The summed E-state index contributed by atoms with van der Waals surface area (Å²) in [5.41, 5.74) is 4.51. The summed E-state index contributed by atoms with van der Waals surface area (Å²) in [5.74, 6) is -2.17. The lowest BCUT2D eigenvalue weighted by molar-refractivity contribution is -0.146. The van der Waals surface area contributed by atoms with Gasteiger partial charge >= 0.3 is 12.1 Å². The Morgan fingerprint density at radius 1 is 1.00 bits per heavy atom. The number of carbonyl (C=O) groups excluding carboxylic acids is 2. The second-order valence-electron chi connectivity index (χ2n) is 9.18. The highest BCUT2D eigenvalue weighted by Gasteiger charge is 2.38. The maximum absolute atomic E-state index is 13.1. The molecule has 0 bridgehead atoms. The minimum absolute atomic E-state index is 0.0671. The summed E-state index contributed by atoms with van der Waals surface area (Å²) >= 11 is 0. The van der Waals surface area contributed by atoms with Crippen LogP contribution in [0.25, 0.3) is 11.1 Å². The molecule has 4 rings (SSSR count). The topological polar surface area (TPSA) is 108 Å². The Hall–Kier alpha value is -3.43. The van der Waals surface area contributed by atoms with Gasteiger partial charge in [0, 0.05) is 19.0 Å². The maximum atomic E-state index is 13.1. The Balaban J connectivity index is 1.38. The number of fused-ring (bicyclic) bond motifs is 3. The zero-order valence-electron chi connectivity index (χ0n) is 20.0. The number of alkyl carbamates (subject to hydrolysis) is 1. The molecular formula is C26H31N3O6. The standard InChI is InChI=1S/C26H31N3O6/c1-28(2)11-12-29(13-24(30)31)25(32)22-14-34-16-23(22)27-26(33)35-15-21-19-9-5-3-7-17(19)18-8-4-6-10-20(18)21/h3-10,21-23H,11-16H2,1-2H3,(H,27,33)(H,30,31). The van der Waals surface area contributed by atoms with Gasteiger partial charge in [-0.25, -0.2) is 4.79 Å². The molecule has 0 saturated carbocycles. The monoisotopic (exact) mass is 481 g/mol. The van der Waals surface area contributed by atoms with Crippen molar-refractivity contribution < 1.29 is 29.0 Å². The predicted molar refractivity (Wildman–Crippen MR) is 129 cm³/mol. The number of amides is 2. The quantitative estimate of drug-likeness (QED) is 0.564. The Kier molecular flexibility index (Phi) is 7.67. The number of aliphatic carboxylic acids is 1. The minimum atomic E-state index is -1.09. The van der Waals surface area contributed by atoms with E-state index in [0.29, 0.717) is 6.54 Å². The number of carboxylic acid groups (broad SMARTS) is 1. The molecule has 2 aliphatic rings. The maximum Gasteiger partial charge on any atom is 0.407 e. The first kappa shape index (κ1) is 24.7. The van der Waals surface area contributed by atoms with E-state index < -0.39 is 30.6 Å². The highest BCUT2D eigenvalue weighted by molar-refractivity contribution is 5.84. The molecule has 0 aromatic heterocycles. The largest absolute Gasteiger partial charge is 0.480 e. The molecule has 1 aliphatic carbocycles. The Morgan fingerprint density at radius 2 is 1.63 bits per heavy atom. The van der Waals surface area contributed by atoms with Gasteiger partial charge in [-0.05, 0) is 36.3 Å². The van der Waals surface area contributed by atoms with Crippen LogP contribution in [0.4, 0.5) is 4.79 Å². The van der Waals surface area contributed by atoms with E-state index in [9.17, 15) is 19.5 Å². The number of hydrogen-bond donors (Lipinski definition) is 2. The van der Waals surface area contributed by atoms with Crippen LogP contribution < -0.4 is 5.32 Å². The van der Waals surface area contributed by atoms with Gasteiger partial charge in [-0.15, -0.1) is 0 Å². The van der Waals surface area contributed by atoms with Crippen molar-refractivity contribution in [2.24, 2.45) is 5.92 Å². The first-order chi connectivity index (χ1) is 16.8. The summed E-state index contributed by atoms with van der Waals surface area (Å²) in [5, 5.41) is 12.0. The summed E-state index contributed by atoms with van der Waals surface area (Å²) in [6.45, 7) is 0.838. The van der Waals surface area contributed by atoms with Crippen LogP contribution in [0.5, 0.6) is 0 Å². The molecule has 2 unspecified atom stereocenters. The van der Waals surface area contributed by atoms with Crippen molar-refractivity contribution in [3.05, 3.63) is 59.7 Å². The molecule has 0 spiro atoms. The van der Waals surface area contributed by atoms with E-state index >= 15 is 0 Å². The second-order valence-corrected chi connectivity index (χ2v) is 9.18. The number of nitrogens with zero attached hydrogens (tertiary/aromatic N) is 2. The zero-order chi connectivity index (χ0) is 24.9. The smallest absolute Gasteiger partial charge is 0.407 e. The van der Waals surface area contributed by atoms with Crippen molar-refractivity contribution >= 4 is 18.0 Å². The SMILES string of the molecule is CN(C)CCN(CC(=O)O)C(=O)C1COCC1NC(=O)OCC1c2ccccc2-c2ccccc21. The first-order valence-electron chi connectivity index (χ1n) is 11.7. The van der Waals surface area contributed by atoms with Crippen LogP contribution >= 0.6 is 0 Å². The number of hydrogen-bond acceptors (Lipinski definition) is 6. The highest BCUT2D eigenvalue weighted by Crippen LogP contribution is 2.44. The molecule has 35 heavy (non-hydrogen) atoms. The van der Waals surface area contributed by atoms with Crippen molar-refractivity contribution in [2.75, 3.05) is 53.6 Å².